The minimum absolute atomic E-state index is 0.269. The highest BCUT2D eigenvalue weighted by atomic mass is 32.1. The Morgan fingerprint density at radius 3 is 2.58 bits per heavy atom. The number of alkyl halides is 3. The van der Waals surface area contributed by atoms with Crippen molar-refractivity contribution in [3.63, 3.8) is 0 Å². The summed E-state index contributed by atoms with van der Waals surface area (Å²) < 4.78 is 38.2. The third-order valence-corrected chi connectivity index (χ3v) is 6.34. The number of nitrogens with one attached hydrogen (secondary N) is 2. The molecule has 0 aliphatic heterocycles. The van der Waals surface area contributed by atoms with E-state index >= 15 is 0 Å². The molecule has 0 spiro atoms. The van der Waals surface area contributed by atoms with E-state index < -0.39 is 11.7 Å². The fourth-order valence-electron chi connectivity index (χ4n) is 3.59. The number of nitrogens with zero attached hydrogens (tertiary/aromatic N) is 2. The van der Waals surface area contributed by atoms with Gasteiger partial charge in [-0.05, 0) is 54.2 Å². The lowest BCUT2D eigenvalue weighted by molar-refractivity contribution is -0.137. The molecule has 0 amide bonds. The van der Waals surface area contributed by atoms with Crippen LogP contribution in [0.1, 0.15) is 16.8 Å². The lowest BCUT2D eigenvalue weighted by Gasteiger charge is -2.13. The quantitative estimate of drug-likeness (QED) is 0.334. The Morgan fingerprint density at radius 2 is 1.85 bits per heavy atom. The molecule has 0 saturated heterocycles. The molecule has 33 heavy (non-hydrogen) atoms. The third-order valence-electron chi connectivity index (χ3n) is 5.24. The molecule has 2 aromatic heterocycles. The van der Waals surface area contributed by atoms with Crippen LogP contribution in [-0.4, -0.2) is 29.6 Å². The van der Waals surface area contributed by atoms with Gasteiger partial charge in [-0.15, -0.1) is 0 Å². The fraction of sp³-hybridized carbons (Fsp3) is 0.250. The normalized spacial score (nSPS) is 12.8. The molecule has 4 N–H and O–H groups in total. The molecule has 0 aliphatic carbocycles. The van der Waals surface area contributed by atoms with Crippen LogP contribution in [0.2, 0.25) is 0 Å². The summed E-state index contributed by atoms with van der Waals surface area (Å²) in [5.74, 6) is 0. The minimum atomic E-state index is -4.34. The molecule has 172 valence electrons. The molecule has 0 unspecified atom stereocenters. The maximum atomic E-state index is 12.7. The van der Waals surface area contributed by atoms with Crippen LogP contribution >= 0.6 is 11.3 Å². The Kier molecular flexibility index (Phi) is 6.92. The molecule has 0 aliphatic rings. The van der Waals surface area contributed by atoms with Crippen LogP contribution < -0.4 is 16.4 Å². The van der Waals surface area contributed by atoms with Gasteiger partial charge in [0.05, 0.1) is 16.1 Å². The number of fused-ring (bicyclic) bond motifs is 1. The number of rotatable bonds is 8. The van der Waals surface area contributed by atoms with E-state index in [0.717, 1.165) is 49.7 Å². The van der Waals surface area contributed by atoms with Crippen LogP contribution in [0.3, 0.4) is 0 Å². The Morgan fingerprint density at radius 1 is 1.06 bits per heavy atom. The molecule has 5 nitrogen and oxygen atoms in total. The highest BCUT2D eigenvalue weighted by Gasteiger charge is 2.29. The Balaban J connectivity index is 1.44. The van der Waals surface area contributed by atoms with Gasteiger partial charge in [-0.3, -0.25) is 4.98 Å². The van der Waals surface area contributed by atoms with Gasteiger partial charge in [0.15, 0.2) is 5.13 Å². The summed E-state index contributed by atoms with van der Waals surface area (Å²) in [4.78, 5) is 9.96. The highest BCUT2D eigenvalue weighted by molar-refractivity contribution is 7.19. The monoisotopic (exact) mass is 471 g/mol. The molecule has 0 radical (unpaired) electrons. The molecule has 0 saturated carbocycles. The van der Waals surface area contributed by atoms with E-state index in [0.29, 0.717) is 19.5 Å². The number of halogens is 3. The summed E-state index contributed by atoms with van der Waals surface area (Å²) in [6, 6.07) is 13.1. The van der Waals surface area contributed by atoms with Crippen LogP contribution in [0.15, 0.2) is 60.9 Å². The van der Waals surface area contributed by atoms with Crippen LogP contribution in [-0.2, 0) is 19.1 Å². The first-order chi connectivity index (χ1) is 15.8. The van der Waals surface area contributed by atoms with Crippen molar-refractivity contribution >= 4 is 27.2 Å². The molecule has 0 bridgehead atoms. The van der Waals surface area contributed by atoms with Gasteiger partial charge in [0.1, 0.15) is 0 Å². The van der Waals surface area contributed by atoms with E-state index in [1.807, 2.05) is 25.4 Å². The van der Waals surface area contributed by atoms with Gasteiger partial charge < -0.3 is 16.4 Å². The molecule has 0 fully saturated rings. The zero-order valence-electron chi connectivity index (χ0n) is 18.0. The molecular weight excluding hydrogens is 447 g/mol. The van der Waals surface area contributed by atoms with Crippen molar-refractivity contribution in [1.29, 1.82) is 0 Å². The minimum Gasteiger partial charge on any atom is -0.360 e. The zero-order valence-corrected chi connectivity index (χ0v) is 18.8. The third kappa shape index (κ3) is 5.68. The van der Waals surface area contributed by atoms with E-state index in [-0.39, 0.29) is 6.04 Å². The van der Waals surface area contributed by atoms with Crippen molar-refractivity contribution in [2.75, 3.05) is 18.9 Å². The maximum absolute atomic E-state index is 12.7. The summed E-state index contributed by atoms with van der Waals surface area (Å²) in [5, 5.41) is 9.40. The fourth-order valence-corrected chi connectivity index (χ4v) is 4.57. The van der Waals surface area contributed by atoms with Crippen molar-refractivity contribution in [3.05, 3.63) is 77.7 Å². The van der Waals surface area contributed by atoms with Gasteiger partial charge in [0.25, 0.3) is 0 Å². The second-order valence-corrected chi connectivity index (χ2v) is 8.80. The van der Waals surface area contributed by atoms with Crippen LogP contribution in [0.5, 0.6) is 0 Å². The van der Waals surface area contributed by atoms with Gasteiger partial charge in [0, 0.05) is 36.9 Å². The van der Waals surface area contributed by atoms with Crippen molar-refractivity contribution in [3.8, 4) is 10.4 Å². The molecule has 4 rings (SSSR count). The van der Waals surface area contributed by atoms with E-state index in [9.17, 15) is 13.2 Å². The van der Waals surface area contributed by atoms with Crippen LogP contribution in [0, 0.1) is 0 Å². The van der Waals surface area contributed by atoms with Crippen molar-refractivity contribution in [1.82, 2.24) is 15.3 Å². The number of thiazole rings is 1. The summed E-state index contributed by atoms with van der Waals surface area (Å²) in [6.45, 7) is 1.08. The largest absolute Gasteiger partial charge is 0.416 e. The smallest absolute Gasteiger partial charge is 0.360 e. The van der Waals surface area contributed by atoms with Gasteiger partial charge >= 0.3 is 6.18 Å². The highest BCUT2D eigenvalue weighted by Crippen LogP contribution is 2.35. The van der Waals surface area contributed by atoms with Crippen LogP contribution in [0.4, 0.5) is 18.3 Å². The number of benzene rings is 2. The standard InChI is InChI=1S/C24H24F3N5S/c1-29-14-21-22(17-4-5-18-12-30-9-8-16(18)11-17)33-23(32-21)31-13-20(28)10-15-2-6-19(7-3-15)24(25,26)27/h2-9,11-12,20,29H,10,13-14,28H2,1H3,(H,31,32)/t20-/m1/s1. The molecule has 1 atom stereocenters. The van der Waals surface area contributed by atoms with Gasteiger partial charge in [-0.25, -0.2) is 4.98 Å². The summed E-state index contributed by atoms with van der Waals surface area (Å²) in [6.07, 6.45) is -0.257. The second kappa shape index (κ2) is 9.86. The number of anilines is 1. The number of nitrogens with two attached hydrogens (primary N) is 1. The number of aromatic nitrogens is 2. The number of pyridine rings is 1. The first-order valence-electron chi connectivity index (χ1n) is 10.5. The topological polar surface area (TPSA) is 75.9 Å². The Labute approximate surface area is 193 Å². The first-order valence-corrected chi connectivity index (χ1v) is 11.3. The number of hydrogen-bond donors (Lipinski definition) is 3. The Hall–Kier alpha value is -3.01. The van der Waals surface area contributed by atoms with E-state index in [4.69, 9.17) is 10.7 Å². The molecule has 9 heteroatoms. The zero-order chi connectivity index (χ0) is 23.4. The lowest BCUT2D eigenvalue weighted by Crippen LogP contribution is -2.31. The predicted octanol–water partition coefficient (Wildman–Crippen LogP) is 5.08. The van der Waals surface area contributed by atoms with Crippen molar-refractivity contribution in [2.45, 2.75) is 25.2 Å². The van der Waals surface area contributed by atoms with Gasteiger partial charge in [-0.1, -0.05) is 35.6 Å². The van der Waals surface area contributed by atoms with E-state index in [1.54, 1.807) is 17.5 Å². The van der Waals surface area contributed by atoms with Crippen molar-refractivity contribution < 1.29 is 13.2 Å². The number of hydrogen-bond acceptors (Lipinski definition) is 6. The average Bonchev–Trinajstić information content (AvgIpc) is 3.20. The maximum Gasteiger partial charge on any atom is 0.416 e. The molecular formula is C24H24F3N5S. The summed E-state index contributed by atoms with van der Waals surface area (Å²) in [7, 11) is 1.88. The van der Waals surface area contributed by atoms with Crippen LogP contribution in [0.25, 0.3) is 21.2 Å². The molecule has 2 aromatic carbocycles. The Bertz CT molecular complexity index is 1220. The first kappa shape index (κ1) is 23.2. The summed E-state index contributed by atoms with van der Waals surface area (Å²) in [5.41, 5.74) is 8.36. The van der Waals surface area contributed by atoms with Gasteiger partial charge in [0.2, 0.25) is 0 Å². The summed E-state index contributed by atoms with van der Waals surface area (Å²) >= 11 is 1.56. The van der Waals surface area contributed by atoms with Gasteiger partial charge in [-0.2, -0.15) is 13.2 Å². The lowest BCUT2D eigenvalue weighted by atomic mass is 10.0. The molecule has 2 heterocycles. The average molecular weight is 472 g/mol. The molecule has 4 aromatic rings. The predicted molar refractivity (Wildman–Crippen MR) is 127 cm³/mol. The van der Waals surface area contributed by atoms with E-state index in [2.05, 4.69) is 27.8 Å². The SMILES string of the molecule is CNCc1nc(NC[C@H](N)Cc2ccc(C(F)(F)F)cc2)sc1-c1ccc2cnccc2c1. The van der Waals surface area contributed by atoms with Crippen molar-refractivity contribution in [2.24, 2.45) is 5.73 Å². The van der Waals surface area contributed by atoms with E-state index in [1.165, 1.54) is 12.1 Å². The second-order valence-electron chi connectivity index (χ2n) is 7.80.